The van der Waals surface area contributed by atoms with Crippen LogP contribution in [0.25, 0.3) is 0 Å². The lowest BCUT2D eigenvalue weighted by Crippen LogP contribution is -2.22. The lowest BCUT2D eigenvalue weighted by Gasteiger charge is -2.20. The van der Waals surface area contributed by atoms with Crippen LogP contribution in [0.2, 0.25) is 0 Å². The van der Waals surface area contributed by atoms with Crippen LogP contribution >= 0.6 is 0 Å². The number of fused-ring (bicyclic) bond motifs is 1. The molecule has 2 rings (SSSR count). The minimum atomic E-state index is 0.0955. The molecule has 82 valence electrons. The van der Waals surface area contributed by atoms with Crippen molar-refractivity contribution in [1.29, 1.82) is 0 Å². The SMILES string of the molecule is CO[C@@H]1OC[C@@H]2CCCCCCC[C@@H]21. The standard InChI is InChI=1S/C12H22O2/c1-13-12-11-8-6-4-2-3-5-7-10(11)9-14-12/h10-12H,2-9H2,1H3/t10-,11-,12+/m0/s1. The quantitative estimate of drug-likeness (QED) is 0.645. The highest BCUT2D eigenvalue weighted by atomic mass is 16.7. The molecule has 1 heterocycles. The fourth-order valence-electron chi connectivity index (χ4n) is 2.92. The van der Waals surface area contributed by atoms with Crippen molar-refractivity contribution in [2.24, 2.45) is 11.8 Å². The van der Waals surface area contributed by atoms with Gasteiger partial charge < -0.3 is 9.47 Å². The third kappa shape index (κ3) is 2.29. The van der Waals surface area contributed by atoms with Crippen LogP contribution in [0.4, 0.5) is 0 Å². The molecule has 1 saturated heterocycles. The molecule has 2 aliphatic rings. The summed E-state index contributed by atoms with van der Waals surface area (Å²) < 4.78 is 11.1. The minimum Gasteiger partial charge on any atom is -0.356 e. The predicted molar refractivity (Wildman–Crippen MR) is 56.0 cm³/mol. The lowest BCUT2D eigenvalue weighted by molar-refractivity contribution is -0.111. The molecular weight excluding hydrogens is 176 g/mol. The van der Waals surface area contributed by atoms with Crippen LogP contribution in [0.15, 0.2) is 0 Å². The van der Waals surface area contributed by atoms with Crippen LogP contribution in [0, 0.1) is 11.8 Å². The van der Waals surface area contributed by atoms with Gasteiger partial charge in [-0.2, -0.15) is 0 Å². The van der Waals surface area contributed by atoms with Gasteiger partial charge in [-0.1, -0.05) is 32.1 Å². The molecule has 0 spiro atoms. The third-order valence-corrected chi connectivity index (χ3v) is 3.77. The highest BCUT2D eigenvalue weighted by molar-refractivity contribution is 4.80. The molecule has 0 radical (unpaired) electrons. The van der Waals surface area contributed by atoms with Gasteiger partial charge in [-0.15, -0.1) is 0 Å². The van der Waals surface area contributed by atoms with Gasteiger partial charge in [-0.05, 0) is 18.8 Å². The zero-order valence-corrected chi connectivity index (χ0v) is 9.21. The van der Waals surface area contributed by atoms with E-state index < -0.39 is 0 Å². The molecule has 2 fully saturated rings. The van der Waals surface area contributed by atoms with Crippen LogP contribution in [0.1, 0.15) is 44.9 Å². The molecule has 0 amide bonds. The topological polar surface area (TPSA) is 18.5 Å². The molecule has 2 nitrogen and oxygen atoms in total. The van der Waals surface area contributed by atoms with E-state index >= 15 is 0 Å². The van der Waals surface area contributed by atoms with Crippen molar-refractivity contribution < 1.29 is 9.47 Å². The summed E-state index contributed by atoms with van der Waals surface area (Å²) in [4.78, 5) is 0. The second kappa shape index (κ2) is 5.13. The summed E-state index contributed by atoms with van der Waals surface area (Å²) in [6.07, 6.45) is 9.76. The van der Waals surface area contributed by atoms with Gasteiger partial charge in [0.15, 0.2) is 6.29 Å². The molecule has 0 unspecified atom stereocenters. The van der Waals surface area contributed by atoms with E-state index in [0.717, 1.165) is 12.5 Å². The molecule has 0 bridgehead atoms. The first-order chi connectivity index (χ1) is 6.92. The van der Waals surface area contributed by atoms with E-state index in [1.165, 1.54) is 44.9 Å². The van der Waals surface area contributed by atoms with Gasteiger partial charge in [0.2, 0.25) is 0 Å². The second-order valence-electron chi connectivity index (χ2n) is 4.71. The molecule has 1 aliphatic heterocycles. The maximum atomic E-state index is 5.68. The van der Waals surface area contributed by atoms with Crippen LogP contribution < -0.4 is 0 Å². The molecule has 3 atom stereocenters. The van der Waals surface area contributed by atoms with Gasteiger partial charge in [-0.25, -0.2) is 0 Å². The number of ether oxygens (including phenoxy) is 2. The number of hydrogen-bond acceptors (Lipinski definition) is 2. The van der Waals surface area contributed by atoms with Crippen molar-refractivity contribution in [3.63, 3.8) is 0 Å². The van der Waals surface area contributed by atoms with Crippen molar-refractivity contribution in [2.45, 2.75) is 51.2 Å². The van der Waals surface area contributed by atoms with Gasteiger partial charge in [0, 0.05) is 13.0 Å². The Bertz CT molecular complexity index is 170. The van der Waals surface area contributed by atoms with Crippen LogP contribution in [-0.2, 0) is 9.47 Å². The molecule has 1 aliphatic carbocycles. The Balaban J connectivity index is 1.94. The number of methoxy groups -OCH3 is 1. The number of hydrogen-bond donors (Lipinski definition) is 0. The zero-order valence-electron chi connectivity index (χ0n) is 9.21. The maximum absolute atomic E-state index is 5.68. The normalized spacial score (nSPS) is 39.6. The van der Waals surface area contributed by atoms with Crippen LogP contribution in [-0.4, -0.2) is 20.0 Å². The van der Waals surface area contributed by atoms with E-state index in [4.69, 9.17) is 9.47 Å². The third-order valence-electron chi connectivity index (χ3n) is 3.77. The van der Waals surface area contributed by atoms with E-state index in [1.54, 1.807) is 7.11 Å². The van der Waals surface area contributed by atoms with Crippen molar-refractivity contribution >= 4 is 0 Å². The smallest absolute Gasteiger partial charge is 0.160 e. The Morgan fingerprint density at radius 3 is 2.50 bits per heavy atom. The van der Waals surface area contributed by atoms with Crippen molar-refractivity contribution in [3.05, 3.63) is 0 Å². The summed E-state index contributed by atoms with van der Waals surface area (Å²) in [6, 6.07) is 0. The summed E-state index contributed by atoms with van der Waals surface area (Å²) in [5.41, 5.74) is 0. The molecule has 0 aromatic carbocycles. The molecule has 0 aromatic heterocycles. The first-order valence-electron chi connectivity index (χ1n) is 6.06. The first-order valence-corrected chi connectivity index (χ1v) is 6.06. The fourth-order valence-corrected chi connectivity index (χ4v) is 2.92. The minimum absolute atomic E-state index is 0.0955. The molecular formula is C12H22O2. The summed E-state index contributed by atoms with van der Waals surface area (Å²) >= 11 is 0. The Labute approximate surface area is 87.0 Å². The molecule has 1 saturated carbocycles. The summed E-state index contributed by atoms with van der Waals surface area (Å²) in [6.45, 7) is 0.934. The highest BCUT2D eigenvalue weighted by Gasteiger charge is 2.36. The maximum Gasteiger partial charge on any atom is 0.160 e. The van der Waals surface area contributed by atoms with Gasteiger partial charge in [0.1, 0.15) is 0 Å². The average molecular weight is 198 g/mol. The first kappa shape index (κ1) is 10.4. The average Bonchev–Trinajstić information content (AvgIpc) is 2.61. The van der Waals surface area contributed by atoms with E-state index in [-0.39, 0.29) is 6.29 Å². The van der Waals surface area contributed by atoms with E-state index in [0.29, 0.717) is 5.92 Å². The molecule has 14 heavy (non-hydrogen) atoms. The largest absolute Gasteiger partial charge is 0.356 e. The predicted octanol–water partition coefficient (Wildman–Crippen LogP) is 2.97. The van der Waals surface area contributed by atoms with E-state index in [9.17, 15) is 0 Å². The van der Waals surface area contributed by atoms with Crippen molar-refractivity contribution in [1.82, 2.24) is 0 Å². The van der Waals surface area contributed by atoms with Gasteiger partial charge in [0.05, 0.1) is 6.61 Å². The van der Waals surface area contributed by atoms with Gasteiger partial charge in [-0.3, -0.25) is 0 Å². The Kier molecular flexibility index (Phi) is 3.82. The second-order valence-corrected chi connectivity index (χ2v) is 4.71. The van der Waals surface area contributed by atoms with Crippen molar-refractivity contribution in [2.75, 3.05) is 13.7 Å². The molecule has 0 aromatic rings. The summed E-state index contributed by atoms with van der Waals surface area (Å²) in [5, 5.41) is 0. The Morgan fingerprint density at radius 2 is 1.71 bits per heavy atom. The summed E-state index contributed by atoms with van der Waals surface area (Å²) in [5.74, 6) is 1.45. The van der Waals surface area contributed by atoms with E-state index in [1.807, 2.05) is 0 Å². The highest BCUT2D eigenvalue weighted by Crippen LogP contribution is 2.36. The molecule has 0 N–H and O–H groups in total. The number of rotatable bonds is 1. The Hall–Kier alpha value is -0.0800. The van der Waals surface area contributed by atoms with Crippen LogP contribution in [0.5, 0.6) is 0 Å². The lowest BCUT2D eigenvalue weighted by atomic mass is 9.87. The fraction of sp³-hybridized carbons (Fsp3) is 1.00. The summed E-state index contributed by atoms with van der Waals surface area (Å²) in [7, 11) is 1.78. The molecule has 2 heteroatoms. The Morgan fingerprint density at radius 1 is 1.00 bits per heavy atom. The van der Waals surface area contributed by atoms with Crippen molar-refractivity contribution in [3.8, 4) is 0 Å². The van der Waals surface area contributed by atoms with Crippen LogP contribution in [0.3, 0.4) is 0 Å². The van der Waals surface area contributed by atoms with Gasteiger partial charge >= 0.3 is 0 Å². The zero-order chi connectivity index (χ0) is 9.80. The van der Waals surface area contributed by atoms with Gasteiger partial charge in [0.25, 0.3) is 0 Å². The monoisotopic (exact) mass is 198 g/mol. The van der Waals surface area contributed by atoms with E-state index in [2.05, 4.69) is 0 Å².